The van der Waals surface area contributed by atoms with Gasteiger partial charge in [-0.3, -0.25) is 9.59 Å². The van der Waals surface area contributed by atoms with Crippen LogP contribution in [0.4, 0.5) is 5.69 Å². The van der Waals surface area contributed by atoms with Crippen molar-refractivity contribution in [3.63, 3.8) is 0 Å². The lowest BCUT2D eigenvalue weighted by Crippen LogP contribution is -2.31. The molecule has 1 heterocycles. The van der Waals surface area contributed by atoms with E-state index in [9.17, 15) is 14.7 Å². The summed E-state index contributed by atoms with van der Waals surface area (Å²) in [6, 6.07) is 19.1. The highest BCUT2D eigenvalue weighted by molar-refractivity contribution is 6.46. The van der Waals surface area contributed by atoms with Crippen LogP contribution in [0.3, 0.4) is 0 Å². The fraction of sp³-hybridized carbons (Fsp3) is 0.241. The number of methoxy groups -OCH3 is 2. The van der Waals surface area contributed by atoms with Crippen LogP contribution < -0.4 is 14.4 Å². The molecule has 0 aromatic heterocycles. The normalized spacial score (nSPS) is 16.7. The molecule has 37 heavy (non-hydrogen) atoms. The van der Waals surface area contributed by atoms with Crippen molar-refractivity contribution in [2.75, 3.05) is 39.8 Å². The fourth-order valence-corrected chi connectivity index (χ4v) is 4.58. The summed E-state index contributed by atoms with van der Waals surface area (Å²) in [4.78, 5) is 30.1. The molecular formula is C29H29ClN2O5. The van der Waals surface area contributed by atoms with Gasteiger partial charge in [0.25, 0.3) is 11.7 Å². The third kappa shape index (κ3) is 5.27. The Bertz CT molecular complexity index is 1330. The molecule has 1 fully saturated rings. The van der Waals surface area contributed by atoms with Gasteiger partial charge in [-0.05, 0) is 53.9 Å². The zero-order chi connectivity index (χ0) is 26.7. The highest BCUT2D eigenvalue weighted by Gasteiger charge is 2.46. The quantitative estimate of drug-likeness (QED) is 0.253. The van der Waals surface area contributed by atoms with Gasteiger partial charge in [-0.1, -0.05) is 35.9 Å². The van der Waals surface area contributed by atoms with Gasteiger partial charge in [0.2, 0.25) is 0 Å². The first-order chi connectivity index (χ1) is 17.7. The minimum atomic E-state index is -0.768. The number of hydrogen-bond acceptors (Lipinski definition) is 6. The summed E-state index contributed by atoms with van der Waals surface area (Å²) in [7, 11) is 6.86. The molecule has 1 unspecified atom stereocenters. The van der Waals surface area contributed by atoms with Crippen molar-refractivity contribution in [1.82, 2.24) is 4.90 Å². The number of aliphatic hydroxyl groups excluding tert-OH is 1. The molecule has 0 saturated carbocycles. The number of nitrogens with zero attached hydrogens (tertiary/aromatic N) is 2. The maximum atomic E-state index is 13.4. The molecule has 1 saturated heterocycles. The number of aliphatic hydroxyl groups is 1. The Morgan fingerprint density at radius 3 is 2.24 bits per heavy atom. The van der Waals surface area contributed by atoms with E-state index in [1.165, 1.54) is 19.1 Å². The van der Waals surface area contributed by atoms with Crippen LogP contribution in [-0.4, -0.2) is 56.6 Å². The van der Waals surface area contributed by atoms with Crippen LogP contribution in [0.25, 0.3) is 5.76 Å². The third-order valence-corrected chi connectivity index (χ3v) is 6.74. The molecule has 0 bridgehead atoms. The van der Waals surface area contributed by atoms with Crippen LogP contribution in [0.5, 0.6) is 11.5 Å². The molecule has 1 N–H and O–H groups in total. The Balaban J connectivity index is 1.81. The van der Waals surface area contributed by atoms with Gasteiger partial charge < -0.3 is 24.4 Å². The van der Waals surface area contributed by atoms with Crippen molar-refractivity contribution in [1.29, 1.82) is 0 Å². The van der Waals surface area contributed by atoms with Crippen LogP contribution in [0.2, 0.25) is 5.02 Å². The molecule has 8 heteroatoms. The minimum Gasteiger partial charge on any atom is -0.507 e. The summed E-state index contributed by atoms with van der Waals surface area (Å²) < 4.78 is 10.7. The Morgan fingerprint density at radius 1 is 0.973 bits per heavy atom. The van der Waals surface area contributed by atoms with E-state index in [2.05, 4.69) is 0 Å². The molecule has 0 aliphatic carbocycles. The number of likely N-dealkylation sites (tertiary alicyclic amines) is 1. The first kappa shape index (κ1) is 26.1. The van der Waals surface area contributed by atoms with E-state index in [0.29, 0.717) is 28.5 Å². The fourth-order valence-electron chi connectivity index (χ4n) is 4.45. The lowest BCUT2D eigenvalue weighted by atomic mass is 9.94. The molecule has 7 nitrogen and oxygen atoms in total. The minimum absolute atomic E-state index is 0.0159. The van der Waals surface area contributed by atoms with E-state index in [1.54, 1.807) is 30.3 Å². The topological polar surface area (TPSA) is 79.3 Å². The van der Waals surface area contributed by atoms with E-state index in [0.717, 1.165) is 16.8 Å². The third-order valence-electron chi connectivity index (χ3n) is 6.48. The predicted octanol–water partition coefficient (Wildman–Crippen LogP) is 5.09. The van der Waals surface area contributed by atoms with E-state index in [-0.39, 0.29) is 17.9 Å². The highest BCUT2D eigenvalue weighted by Crippen LogP contribution is 2.42. The van der Waals surface area contributed by atoms with Crippen molar-refractivity contribution in [3.05, 3.63) is 94.0 Å². The number of Topliss-reactive ketones (excluding diaryl/α,β-unsaturated/α-hetero) is 1. The standard InChI is InChI=1S/C29H29ClN2O5/c1-31(2)21-11-7-19(8-12-21)26-25(27(33)23-14-13-22(36-3)17-24(23)37-4)28(34)29(35)32(26)16-15-18-5-9-20(30)10-6-18/h5-14,17,26,33H,15-16H2,1-4H3/b27-25-. The lowest BCUT2D eigenvalue weighted by Gasteiger charge is -2.26. The molecule has 0 radical (unpaired) electrons. The van der Waals surface area contributed by atoms with Crippen molar-refractivity contribution in [2.24, 2.45) is 0 Å². The number of amides is 1. The van der Waals surface area contributed by atoms with E-state index >= 15 is 0 Å². The van der Waals surface area contributed by atoms with Crippen molar-refractivity contribution >= 4 is 34.7 Å². The average molecular weight is 521 g/mol. The van der Waals surface area contributed by atoms with Gasteiger partial charge in [-0.15, -0.1) is 0 Å². The average Bonchev–Trinajstić information content (AvgIpc) is 3.17. The van der Waals surface area contributed by atoms with E-state index < -0.39 is 17.7 Å². The summed E-state index contributed by atoms with van der Waals surface area (Å²) in [5.41, 5.74) is 2.98. The summed E-state index contributed by atoms with van der Waals surface area (Å²) >= 11 is 6.01. The molecule has 1 aliphatic rings. The molecule has 1 atom stereocenters. The summed E-state index contributed by atoms with van der Waals surface area (Å²) in [5, 5.41) is 12.1. The van der Waals surface area contributed by atoms with E-state index in [4.69, 9.17) is 21.1 Å². The maximum absolute atomic E-state index is 13.4. The van der Waals surface area contributed by atoms with Gasteiger partial charge in [0.05, 0.1) is 31.4 Å². The number of rotatable bonds is 8. The second-order valence-electron chi connectivity index (χ2n) is 8.92. The molecular weight excluding hydrogens is 492 g/mol. The second-order valence-corrected chi connectivity index (χ2v) is 9.36. The number of carbonyl (C=O) groups excluding carboxylic acids is 2. The van der Waals surface area contributed by atoms with Gasteiger partial charge >= 0.3 is 0 Å². The number of ether oxygens (including phenoxy) is 2. The molecule has 192 valence electrons. The summed E-state index contributed by atoms with van der Waals surface area (Å²) in [6.45, 7) is 0.281. The smallest absolute Gasteiger partial charge is 0.295 e. The largest absolute Gasteiger partial charge is 0.507 e. The molecule has 4 rings (SSSR count). The van der Waals surface area contributed by atoms with Gasteiger partial charge in [0.15, 0.2) is 0 Å². The molecule has 0 spiro atoms. The van der Waals surface area contributed by atoms with E-state index in [1.807, 2.05) is 55.4 Å². The maximum Gasteiger partial charge on any atom is 0.295 e. The number of benzene rings is 3. The first-order valence-corrected chi connectivity index (χ1v) is 12.2. The Hall–Kier alpha value is -3.97. The zero-order valence-electron chi connectivity index (χ0n) is 21.2. The molecule has 3 aromatic rings. The summed E-state index contributed by atoms with van der Waals surface area (Å²) in [5.74, 6) is -0.843. The van der Waals surface area contributed by atoms with Crippen molar-refractivity contribution in [3.8, 4) is 11.5 Å². The zero-order valence-corrected chi connectivity index (χ0v) is 22.0. The number of hydrogen-bond donors (Lipinski definition) is 1. The lowest BCUT2D eigenvalue weighted by molar-refractivity contribution is -0.139. The highest BCUT2D eigenvalue weighted by atomic mass is 35.5. The SMILES string of the molecule is COc1ccc(/C(O)=C2/C(=O)C(=O)N(CCc3ccc(Cl)cc3)C2c2ccc(N(C)C)cc2)c(OC)c1. The van der Waals surface area contributed by atoms with Gasteiger partial charge in [0.1, 0.15) is 17.3 Å². The van der Waals surface area contributed by atoms with Gasteiger partial charge in [0, 0.05) is 37.4 Å². The monoisotopic (exact) mass is 520 g/mol. The van der Waals surface area contributed by atoms with Gasteiger partial charge in [-0.25, -0.2) is 0 Å². The second kappa shape index (κ2) is 11.0. The molecule has 1 aliphatic heterocycles. The summed E-state index contributed by atoms with van der Waals surface area (Å²) in [6.07, 6.45) is 0.516. The van der Waals surface area contributed by atoms with Crippen molar-refractivity contribution < 1.29 is 24.2 Å². The number of ketones is 1. The molecule has 1 amide bonds. The Kier molecular flexibility index (Phi) is 7.74. The number of carbonyl (C=O) groups is 2. The van der Waals surface area contributed by atoms with Crippen LogP contribution >= 0.6 is 11.6 Å². The molecule has 3 aromatic carbocycles. The van der Waals surface area contributed by atoms with Crippen LogP contribution in [0.1, 0.15) is 22.7 Å². The predicted molar refractivity (Wildman–Crippen MR) is 144 cm³/mol. The van der Waals surface area contributed by atoms with Crippen LogP contribution in [0.15, 0.2) is 72.3 Å². The van der Waals surface area contributed by atoms with Crippen LogP contribution in [-0.2, 0) is 16.0 Å². The van der Waals surface area contributed by atoms with Gasteiger partial charge in [-0.2, -0.15) is 0 Å². The van der Waals surface area contributed by atoms with Crippen LogP contribution in [0, 0.1) is 0 Å². The van der Waals surface area contributed by atoms with Crippen molar-refractivity contribution in [2.45, 2.75) is 12.5 Å². The first-order valence-electron chi connectivity index (χ1n) is 11.8. The Labute approximate surface area is 221 Å². The Morgan fingerprint density at radius 2 is 1.65 bits per heavy atom. The number of anilines is 1. The number of halogens is 1.